The number of rotatable bonds is 1. The molecule has 62 valence electrons. The van der Waals surface area contributed by atoms with Crippen molar-refractivity contribution >= 4 is 11.4 Å². The van der Waals surface area contributed by atoms with E-state index in [0.717, 1.165) is 17.8 Å². The summed E-state index contributed by atoms with van der Waals surface area (Å²) in [5, 5.41) is 0. The zero-order valence-corrected chi connectivity index (χ0v) is 7.15. The molecular formula is C10H12N2. The Bertz CT molecular complexity index is 329. The van der Waals surface area contributed by atoms with Gasteiger partial charge in [0.1, 0.15) is 0 Å². The minimum absolute atomic E-state index is 0.959. The van der Waals surface area contributed by atoms with Crippen LogP contribution in [0.4, 0.5) is 5.69 Å². The molecule has 0 atom stereocenters. The van der Waals surface area contributed by atoms with Crippen molar-refractivity contribution in [2.75, 3.05) is 5.43 Å². The molecule has 0 amide bonds. The van der Waals surface area contributed by atoms with Gasteiger partial charge in [0.05, 0.1) is 11.4 Å². The zero-order chi connectivity index (χ0) is 8.55. The summed E-state index contributed by atoms with van der Waals surface area (Å²) in [6, 6.07) is 6.39. The lowest BCUT2D eigenvalue weighted by molar-refractivity contribution is 1.14. The zero-order valence-electron chi connectivity index (χ0n) is 7.15. The fraction of sp³-hybridized carbons (Fsp3) is 0.200. The number of benzene rings is 1. The van der Waals surface area contributed by atoms with Gasteiger partial charge in [0.2, 0.25) is 0 Å². The first-order valence-electron chi connectivity index (χ1n) is 4.15. The molecule has 2 nitrogen and oxygen atoms in total. The number of hydrazine groups is 1. The van der Waals surface area contributed by atoms with Crippen molar-refractivity contribution in [2.24, 2.45) is 0 Å². The summed E-state index contributed by atoms with van der Waals surface area (Å²) in [5.74, 6) is 0. The maximum atomic E-state index is 3.90. The fourth-order valence-corrected chi connectivity index (χ4v) is 1.38. The predicted molar refractivity (Wildman–Crippen MR) is 51.6 cm³/mol. The topological polar surface area (TPSA) is 24.1 Å². The van der Waals surface area contributed by atoms with Crippen molar-refractivity contribution in [3.05, 3.63) is 35.9 Å². The largest absolute Gasteiger partial charge is 0.301 e. The smallest absolute Gasteiger partial charge is 0.0633 e. The van der Waals surface area contributed by atoms with Crippen molar-refractivity contribution in [1.82, 2.24) is 5.43 Å². The molecule has 0 radical (unpaired) electrons. The van der Waals surface area contributed by atoms with E-state index in [0.29, 0.717) is 0 Å². The lowest BCUT2D eigenvalue weighted by Gasteiger charge is -1.99. The van der Waals surface area contributed by atoms with Crippen LogP contribution in [0, 0.1) is 0 Å². The summed E-state index contributed by atoms with van der Waals surface area (Å²) >= 11 is 0. The van der Waals surface area contributed by atoms with Crippen LogP contribution < -0.4 is 10.9 Å². The second kappa shape index (κ2) is 2.55. The Hall–Kier alpha value is -1.44. The van der Waals surface area contributed by atoms with Gasteiger partial charge in [-0.3, -0.25) is 0 Å². The predicted octanol–water partition coefficient (Wildman–Crippen LogP) is 2.15. The van der Waals surface area contributed by atoms with Crippen LogP contribution in [0.1, 0.15) is 18.1 Å². The van der Waals surface area contributed by atoms with E-state index in [9.17, 15) is 0 Å². The third-order valence-electron chi connectivity index (χ3n) is 2.17. The molecule has 2 N–H and O–H groups in total. The highest BCUT2D eigenvalue weighted by Crippen LogP contribution is 2.26. The highest BCUT2D eigenvalue weighted by atomic mass is 15.4. The third-order valence-corrected chi connectivity index (χ3v) is 2.17. The van der Waals surface area contributed by atoms with Gasteiger partial charge in [-0.1, -0.05) is 19.6 Å². The number of hydrogen-bond donors (Lipinski definition) is 2. The average molecular weight is 160 g/mol. The first-order chi connectivity index (χ1) is 5.81. The number of fused-ring (bicyclic) bond motifs is 1. The average Bonchev–Trinajstić information content (AvgIpc) is 2.47. The van der Waals surface area contributed by atoms with Gasteiger partial charge < -0.3 is 10.9 Å². The molecule has 1 aliphatic rings. The van der Waals surface area contributed by atoms with Gasteiger partial charge in [-0.25, -0.2) is 0 Å². The summed E-state index contributed by atoms with van der Waals surface area (Å²) < 4.78 is 0. The van der Waals surface area contributed by atoms with Crippen molar-refractivity contribution in [1.29, 1.82) is 0 Å². The van der Waals surface area contributed by atoms with E-state index in [1.807, 2.05) is 0 Å². The molecule has 2 heteroatoms. The van der Waals surface area contributed by atoms with Gasteiger partial charge in [-0.15, -0.1) is 0 Å². The Kier molecular flexibility index (Phi) is 1.54. The molecule has 1 aromatic rings. The fourth-order valence-electron chi connectivity index (χ4n) is 1.38. The first kappa shape index (κ1) is 7.22. The van der Waals surface area contributed by atoms with Crippen molar-refractivity contribution in [3.63, 3.8) is 0 Å². The summed E-state index contributed by atoms with van der Waals surface area (Å²) in [4.78, 5) is 0. The normalized spacial score (nSPS) is 13.6. The molecular weight excluding hydrogens is 148 g/mol. The van der Waals surface area contributed by atoms with Crippen LogP contribution in [0.5, 0.6) is 0 Å². The van der Waals surface area contributed by atoms with Crippen molar-refractivity contribution < 1.29 is 0 Å². The van der Waals surface area contributed by atoms with Gasteiger partial charge in [0.15, 0.2) is 0 Å². The van der Waals surface area contributed by atoms with Gasteiger partial charge in [0.25, 0.3) is 0 Å². The molecule has 0 spiro atoms. The summed E-state index contributed by atoms with van der Waals surface area (Å²) in [7, 11) is 0. The van der Waals surface area contributed by atoms with Crippen LogP contribution in [0.15, 0.2) is 24.8 Å². The monoisotopic (exact) mass is 160 g/mol. The Morgan fingerprint density at radius 2 is 2.17 bits per heavy atom. The molecule has 2 rings (SSSR count). The molecule has 0 aromatic heterocycles. The highest BCUT2D eigenvalue weighted by Gasteiger charge is 2.12. The van der Waals surface area contributed by atoms with E-state index in [4.69, 9.17) is 0 Å². The van der Waals surface area contributed by atoms with Crippen LogP contribution in [-0.4, -0.2) is 0 Å². The van der Waals surface area contributed by atoms with Gasteiger partial charge >= 0.3 is 0 Å². The summed E-state index contributed by atoms with van der Waals surface area (Å²) in [6.07, 6.45) is 1.07. The van der Waals surface area contributed by atoms with Crippen LogP contribution in [0.25, 0.3) is 5.70 Å². The van der Waals surface area contributed by atoms with E-state index in [1.54, 1.807) is 0 Å². The molecule has 0 fully saturated rings. The molecule has 0 saturated heterocycles. The van der Waals surface area contributed by atoms with E-state index < -0.39 is 0 Å². The van der Waals surface area contributed by atoms with Crippen LogP contribution in [-0.2, 0) is 6.42 Å². The lowest BCUT2D eigenvalue weighted by Crippen LogP contribution is -2.09. The standard InChI is InChI=1S/C10H12N2/c1-3-8-4-5-10-9(6-8)7(2)11-12-10/h4-6,11-12H,2-3H2,1H3. The Morgan fingerprint density at radius 1 is 1.33 bits per heavy atom. The van der Waals surface area contributed by atoms with E-state index in [2.05, 4.69) is 42.6 Å². The molecule has 0 saturated carbocycles. The lowest BCUT2D eigenvalue weighted by atomic mass is 10.1. The molecule has 0 bridgehead atoms. The Balaban J connectivity index is 2.50. The second-order valence-electron chi connectivity index (χ2n) is 2.96. The van der Waals surface area contributed by atoms with E-state index in [-0.39, 0.29) is 0 Å². The van der Waals surface area contributed by atoms with Gasteiger partial charge in [0, 0.05) is 5.56 Å². The Labute approximate surface area is 72.3 Å². The third kappa shape index (κ3) is 0.961. The minimum atomic E-state index is 0.959. The summed E-state index contributed by atoms with van der Waals surface area (Å²) in [5.41, 5.74) is 10.7. The van der Waals surface area contributed by atoms with Crippen molar-refractivity contribution in [3.8, 4) is 0 Å². The first-order valence-corrected chi connectivity index (χ1v) is 4.15. The maximum Gasteiger partial charge on any atom is 0.0633 e. The molecule has 12 heavy (non-hydrogen) atoms. The van der Waals surface area contributed by atoms with Gasteiger partial charge in [-0.05, 0) is 24.1 Å². The van der Waals surface area contributed by atoms with Crippen LogP contribution in [0.2, 0.25) is 0 Å². The molecule has 0 aliphatic carbocycles. The minimum Gasteiger partial charge on any atom is -0.301 e. The maximum absolute atomic E-state index is 3.90. The second-order valence-corrected chi connectivity index (χ2v) is 2.96. The van der Waals surface area contributed by atoms with Crippen LogP contribution in [0.3, 0.4) is 0 Å². The van der Waals surface area contributed by atoms with E-state index in [1.165, 1.54) is 11.1 Å². The van der Waals surface area contributed by atoms with Crippen molar-refractivity contribution in [2.45, 2.75) is 13.3 Å². The molecule has 1 aromatic carbocycles. The van der Waals surface area contributed by atoms with E-state index >= 15 is 0 Å². The number of nitrogens with one attached hydrogen (secondary N) is 2. The molecule has 0 unspecified atom stereocenters. The number of anilines is 1. The molecule has 1 aliphatic heterocycles. The molecule has 1 heterocycles. The number of hydrogen-bond acceptors (Lipinski definition) is 2. The SMILES string of the molecule is C=C1NNc2ccc(CC)cc21. The van der Waals surface area contributed by atoms with Gasteiger partial charge in [-0.2, -0.15) is 0 Å². The van der Waals surface area contributed by atoms with Crippen LogP contribution >= 0.6 is 0 Å². The number of aryl methyl sites for hydroxylation is 1. The quantitative estimate of drug-likeness (QED) is 0.657. The highest BCUT2D eigenvalue weighted by molar-refractivity contribution is 5.79. The summed E-state index contributed by atoms with van der Waals surface area (Å²) in [6.45, 7) is 6.05. The Morgan fingerprint density at radius 3 is 2.92 bits per heavy atom.